The van der Waals surface area contributed by atoms with Gasteiger partial charge in [0, 0.05) is 38.9 Å². The minimum Gasteiger partial charge on any atom is -0.452 e. The molecule has 4 heterocycles. The first-order valence-corrected chi connectivity index (χ1v) is 27.5. The molecule has 14 aromatic rings. The fourth-order valence-corrected chi connectivity index (χ4v) is 11.7. The van der Waals surface area contributed by atoms with E-state index in [1.54, 1.807) is 0 Å². The minimum absolute atomic E-state index is 0.173. The van der Waals surface area contributed by atoms with Crippen LogP contribution >= 0.6 is 0 Å². The van der Waals surface area contributed by atoms with E-state index in [-0.39, 0.29) is 40.6 Å². The molecule has 0 N–H and O–H groups in total. The number of imidazole rings is 1. The van der Waals surface area contributed by atoms with Crippen LogP contribution < -0.4 is 4.57 Å². The molecule has 0 aliphatic carbocycles. The lowest BCUT2D eigenvalue weighted by molar-refractivity contribution is -0.566. The normalized spacial score (nSPS) is 13.1. The number of hydrogen-bond acceptors (Lipinski definition) is 2. The van der Waals surface area contributed by atoms with E-state index in [1.807, 2.05) is 48.7 Å². The van der Waals surface area contributed by atoms with Gasteiger partial charge in [0.1, 0.15) is 17.0 Å². The summed E-state index contributed by atoms with van der Waals surface area (Å²) in [5.41, 5.74) is 18.2. The highest BCUT2D eigenvalue weighted by Gasteiger charge is 2.30. The van der Waals surface area contributed by atoms with Gasteiger partial charge < -0.3 is 4.42 Å². The zero-order chi connectivity index (χ0) is 58.6. The van der Waals surface area contributed by atoms with Gasteiger partial charge in [-0.15, -0.1) is 0 Å². The molecule has 0 spiro atoms. The average Bonchev–Trinajstić information content (AvgIpc) is 2.03. The number of furan rings is 1. The van der Waals surface area contributed by atoms with E-state index in [0.717, 1.165) is 128 Å². The van der Waals surface area contributed by atoms with E-state index in [4.69, 9.17) is 13.5 Å². The standard InChI is InChI=1S/C75H61N4O/c1-74(2,3)57-44-55(52-24-11-8-12-25-52)43-56(45-57)65-47-58(75(4,5)6)46-64(54-27-20-26-53(42-54)51-22-9-7-10-23-51)71(65)78-48-77(67-32-16-17-33-68(67)78)59-28-19-21-49(40-59)39-50-35-36-61-60-29-13-15-31-66(60)79(69(61)41-50)73-72-63(37-38-76-73)62-30-14-18-34-70(62)80-72/h7-38,40-48H,39H2,1-6H3/q+1/i8D,11D,12D,24D,25D. The Balaban J connectivity index is 0.963. The molecule has 0 unspecified atom stereocenters. The maximum absolute atomic E-state index is 9.21. The Bertz CT molecular complexity index is 4990. The molecule has 0 saturated heterocycles. The summed E-state index contributed by atoms with van der Waals surface area (Å²) in [5, 5.41) is 4.38. The van der Waals surface area contributed by atoms with Gasteiger partial charge in [0.2, 0.25) is 0 Å². The highest BCUT2D eigenvalue weighted by Crippen LogP contribution is 2.43. The summed E-state index contributed by atoms with van der Waals surface area (Å²) in [6.07, 6.45) is 4.77. The van der Waals surface area contributed by atoms with Crippen LogP contribution in [0.2, 0.25) is 0 Å². The van der Waals surface area contributed by atoms with Gasteiger partial charge in [-0.1, -0.05) is 205 Å². The smallest absolute Gasteiger partial charge is 0.255 e. The molecule has 4 aromatic heterocycles. The first kappa shape index (κ1) is 43.4. The van der Waals surface area contributed by atoms with Gasteiger partial charge in [0.05, 0.1) is 17.9 Å². The molecular weight excluding hydrogens is 973 g/mol. The van der Waals surface area contributed by atoms with Crippen molar-refractivity contribution in [3.8, 4) is 61.7 Å². The molecule has 14 rings (SSSR count). The van der Waals surface area contributed by atoms with Crippen LogP contribution in [-0.2, 0) is 17.3 Å². The van der Waals surface area contributed by atoms with Crippen LogP contribution in [0.25, 0.3) is 116 Å². The van der Waals surface area contributed by atoms with Crippen LogP contribution in [0.1, 0.15) is 70.7 Å². The lowest BCUT2D eigenvalue weighted by atomic mass is 9.80. The van der Waals surface area contributed by atoms with Gasteiger partial charge in [-0.3, -0.25) is 4.57 Å². The monoisotopic (exact) mass is 1040 g/mol. The van der Waals surface area contributed by atoms with Gasteiger partial charge in [-0.2, -0.15) is 9.13 Å². The van der Waals surface area contributed by atoms with E-state index >= 15 is 0 Å². The lowest BCUT2D eigenvalue weighted by Crippen LogP contribution is -2.31. The van der Waals surface area contributed by atoms with Gasteiger partial charge in [-0.05, 0) is 146 Å². The molecule has 0 amide bonds. The highest BCUT2D eigenvalue weighted by atomic mass is 16.3. The Morgan fingerprint density at radius 3 is 1.93 bits per heavy atom. The van der Waals surface area contributed by atoms with Crippen molar-refractivity contribution in [1.82, 2.24) is 14.1 Å². The van der Waals surface area contributed by atoms with Crippen molar-refractivity contribution in [2.75, 3.05) is 0 Å². The Morgan fingerprint density at radius 2 is 1.11 bits per heavy atom. The topological polar surface area (TPSA) is 39.8 Å². The van der Waals surface area contributed by atoms with E-state index in [0.29, 0.717) is 12.0 Å². The zero-order valence-electron chi connectivity index (χ0n) is 50.7. The molecule has 0 fully saturated rings. The van der Waals surface area contributed by atoms with Gasteiger partial charge in [0.25, 0.3) is 6.33 Å². The van der Waals surface area contributed by atoms with E-state index < -0.39 is 6.04 Å². The molecule has 0 atom stereocenters. The van der Waals surface area contributed by atoms with Gasteiger partial charge in [-0.25, -0.2) is 4.98 Å². The largest absolute Gasteiger partial charge is 0.452 e. The van der Waals surface area contributed by atoms with E-state index in [9.17, 15) is 2.74 Å². The summed E-state index contributed by atoms with van der Waals surface area (Å²) in [7, 11) is 0. The molecule has 0 aliphatic heterocycles. The summed E-state index contributed by atoms with van der Waals surface area (Å²) >= 11 is 0. The van der Waals surface area contributed by atoms with Crippen LogP contribution in [0, 0.1) is 0 Å². The zero-order valence-corrected chi connectivity index (χ0v) is 45.7. The second-order valence-corrected chi connectivity index (χ2v) is 23.2. The van der Waals surface area contributed by atoms with Crippen molar-refractivity contribution in [1.29, 1.82) is 0 Å². The number of para-hydroxylation sites is 4. The maximum atomic E-state index is 9.21. The molecule has 0 saturated carbocycles. The second-order valence-electron chi connectivity index (χ2n) is 23.2. The van der Waals surface area contributed by atoms with Crippen molar-refractivity contribution >= 4 is 54.8 Å². The number of benzene rings is 10. The van der Waals surface area contributed by atoms with Gasteiger partial charge >= 0.3 is 0 Å². The Hall–Kier alpha value is -9.58. The molecule has 5 heteroatoms. The molecule has 0 bridgehead atoms. The van der Waals surface area contributed by atoms with Crippen LogP contribution in [0.4, 0.5) is 0 Å². The summed E-state index contributed by atoms with van der Waals surface area (Å²) < 4.78 is 57.9. The average molecular weight is 1040 g/mol. The Morgan fingerprint density at radius 1 is 0.475 bits per heavy atom. The molecule has 0 aliphatic rings. The summed E-state index contributed by atoms with van der Waals surface area (Å²) in [4.78, 5) is 5.01. The molecule has 386 valence electrons. The maximum Gasteiger partial charge on any atom is 0.255 e. The predicted molar refractivity (Wildman–Crippen MR) is 333 cm³/mol. The quantitative estimate of drug-likeness (QED) is 0.135. The number of aromatic nitrogens is 4. The summed E-state index contributed by atoms with van der Waals surface area (Å²) in [6, 6.07) is 71.4. The van der Waals surface area contributed by atoms with Crippen molar-refractivity contribution in [3.63, 3.8) is 0 Å². The lowest BCUT2D eigenvalue weighted by Gasteiger charge is -2.25. The third-order valence-electron chi connectivity index (χ3n) is 15.8. The summed E-state index contributed by atoms with van der Waals surface area (Å²) in [5.74, 6) is 0.756. The van der Waals surface area contributed by atoms with Crippen molar-refractivity contribution in [3.05, 3.63) is 271 Å². The van der Waals surface area contributed by atoms with Crippen LogP contribution in [-0.4, -0.2) is 14.1 Å². The van der Waals surface area contributed by atoms with E-state index in [1.165, 1.54) is 0 Å². The van der Waals surface area contributed by atoms with Crippen molar-refractivity contribution < 1.29 is 15.8 Å². The fourth-order valence-electron chi connectivity index (χ4n) is 11.7. The third kappa shape index (κ3) is 8.58. The predicted octanol–water partition coefficient (Wildman–Crippen LogP) is 19.2. The Labute approximate surface area is 474 Å². The van der Waals surface area contributed by atoms with Crippen LogP contribution in [0.5, 0.6) is 0 Å². The number of pyridine rings is 1. The molecule has 80 heavy (non-hydrogen) atoms. The van der Waals surface area contributed by atoms with Crippen molar-refractivity contribution in [2.45, 2.75) is 58.8 Å². The molecular formula is C75H61N4O+. The third-order valence-corrected chi connectivity index (χ3v) is 15.8. The first-order chi connectivity index (χ1) is 41.0. The van der Waals surface area contributed by atoms with E-state index in [2.05, 4.69) is 225 Å². The number of fused-ring (bicyclic) bond motifs is 7. The summed E-state index contributed by atoms with van der Waals surface area (Å²) in [6.45, 7) is 13.2. The number of rotatable bonds is 9. The number of nitrogens with zero attached hydrogens (tertiary/aromatic N) is 4. The number of hydrogen-bond donors (Lipinski definition) is 0. The molecule has 5 nitrogen and oxygen atoms in total. The van der Waals surface area contributed by atoms with Crippen LogP contribution in [0.3, 0.4) is 0 Å². The minimum atomic E-state index is -0.417. The SMILES string of the molecule is [2H]c1c([2H])c([2H])c(-c2cc(-c3cc(C(C)(C)C)cc(-c4cccc(-c5ccccc5)c4)c3-[n+]3cn(-c4cccc(Cc5ccc6c7ccccc7n(-c7nccc8c7oc7ccccc78)c6c5)c4)c4ccccc43)cc(C(C)(C)C)c2)c([2H])c1[2H]. The van der Waals surface area contributed by atoms with Crippen molar-refractivity contribution in [2.24, 2.45) is 0 Å². The van der Waals surface area contributed by atoms with Crippen LogP contribution in [0.15, 0.2) is 253 Å². The fraction of sp³-hybridized carbons (Fsp3) is 0.120. The van der Waals surface area contributed by atoms with Gasteiger partial charge in [0.15, 0.2) is 22.4 Å². The second kappa shape index (κ2) is 19.1. The highest BCUT2D eigenvalue weighted by molar-refractivity contribution is 6.12. The first-order valence-electron chi connectivity index (χ1n) is 30.0. The Kier molecular flexibility index (Phi) is 10.4. The molecule has 0 radical (unpaired) electrons. The molecule has 10 aromatic carbocycles.